The third-order valence-electron chi connectivity index (χ3n) is 5.15. The number of nitrogens with zero attached hydrogens (tertiary/aromatic N) is 2. The van der Waals surface area contributed by atoms with E-state index in [2.05, 4.69) is 15.2 Å². The second kappa shape index (κ2) is 9.43. The van der Waals surface area contributed by atoms with E-state index in [9.17, 15) is 9.90 Å². The predicted octanol–water partition coefficient (Wildman–Crippen LogP) is 3.49. The van der Waals surface area contributed by atoms with Gasteiger partial charge in [0, 0.05) is 43.2 Å². The molecule has 2 heterocycles. The number of nitrogens with one attached hydrogen (secondary N) is 1. The van der Waals surface area contributed by atoms with Crippen LogP contribution in [-0.4, -0.2) is 60.0 Å². The van der Waals surface area contributed by atoms with Crippen LogP contribution in [0.2, 0.25) is 0 Å². The van der Waals surface area contributed by atoms with Crippen LogP contribution >= 0.6 is 0 Å². The summed E-state index contributed by atoms with van der Waals surface area (Å²) >= 11 is 0. The monoisotopic (exact) mass is 429 g/mol. The van der Waals surface area contributed by atoms with Gasteiger partial charge in [0.15, 0.2) is 11.5 Å². The number of likely N-dealkylation sites (tertiary alicyclic amines) is 1. The number of pyridine rings is 1. The fraction of sp³-hybridized carbons (Fsp3) is 0.478. The van der Waals surface area contributed by atoms with Crippen molar-refractivity contribution in [2.45, 2.75) is 44.9 Å². The molecule has 1 fully saturated rings. The fourth-order valence-corrected chi connectivity index (χ4v) is 3.85. The van der Waals surface area contributed by atoms with E-state index in [1.807, 2.05) is 32.9 Å². The van der Waals surface area contributed by atoms with E-state index in [-0.39, 0.29) is 17.8 Å². The highest BCUT2D eigenvalue weighted by molar-refractivity contribution is 5.68. The number of aromatic hydroxyl groups is 1. The van der Waals surface area contributed by atoms with Crippen molar-refractivity contribution < 1.29 is 24.1 Å². The Bertz CT molecular complexity index is 898. The van der Waals surface area contributed by atoms with E-state index in [1.165, 1.54) is 7.11 Å². The summed E-state index contributed by atoms with van der Waals surface area (Å²) in [5.74, 6) is 1.11. The van der Waals surface area contributed by atoms with Crippen LogP contribution in [0.5, 0.6) is 17.2 Å². The first kappa shape index (κ1) is 22.7. The minimum atomic E-state index is -0.548. The summed E-state index contributed by atoms with van der Waals surface area (Å²) in [5, 5.41) is 13.8. The van der Waals surface area contributed by atoms with Gasteiger partial charge in [0.25, 0.3) is 0 Å². The zero-order chi connectivity index (χ0) is 22.6. The smallest absolute Gasteiger partial charge is 0.407 e. The molecule has 31 heavy (non-hydrogen) atoms. The molecule has 1 aliphatic heterocycles. The van der Waals surface area contributed by atoms with Crippen molar-refractivity contribution in [1.29, 1.82) is 0 Å². The molecule has 0 bridgehead atoms. The lowest BCUT2D eigenvalue weighted by atomic mass is 9.96. The van der Waals surface area contributed by atoms with Crippen LogP contribution in [0.25, 0.3) is 0 Å². The Labute approximate surface area is 183 Å². The maximum atomic E-state index is 12.2. The SMILES string of the molecule is COc1cc(O)c(C(c2ccncc2)N2CC[C@@H](NC(=O)OC(C)(C)C)C2)cc1OC. The van der Waals surface area contributed by atoms with Crippen molar-refractivity contribution in [3.8, 4) is 17.2 Å². The highest BCUT2D eigenvalue weighted by Gasteiger charge is 2.33. The van der Waals surface area contributed by atoms with Crippen molar-refractivity contribution in [3.05, 3.63) is 47.8 Å². The maximum absolute atomic E-state index is 12.2. The standard InChI is InChI=1S/C23H31N3O5/c1-23(2,3)31-22(28)25-16-8-11-26(14-16)21(15-6-9-24-10-7-15)17-12-19(29-4)20(30-5)13-18(17)27/h6-7,9-10,12-13,16,21,27H,8,11,14H2,1-5H3,(H,25,28)/t16-,21?/m1/s1. The number of hydrogen-bond donors (Lipinski definition) is 2. The molecule has 1 aromatic carbocycles. The summed E-state index contributed by atoms with van der Waals surface area (Å²) in [6.07, 6.45) is 3.81. The van der Waals surface area contributed by atoms with Gasteiger partial charge in [-0.1, -0.05) is 0 Å². The number of methoxy groups -OCH3 is 2. The number of rotatable bonds is 6. The van der Waals surface area contributed by atoms with Crippen LogP contribution in [0.3, 0.4) is 0 Å². The molecule has 1 aromatic heterocycles. The molecule has 8 heteroatoms. The summed E-state index contributed by atoms with van der Waals surface area (Å²) < 4.78 is 16.2. The minimum absolute atomic E-state index is 0.0542. The molecule has 2 N–H and O–H groups in total. The Hall–Kier alpha value is -3.00. The van der Waals surface area contributed by atoms with Gasteiger partial charge in [-0.15, -0.1) is 0 Å². The average molecular weight is 430 g/mol. The van der Waals surface area contributed by atoms with Gasteiger partial charge in [-0.25, -0.2) is 4.79 Å². The first-order chi connectivity index (χ1) is 14.7. The van der Waals surface area contributed by atoms with Crippen molar-refractivity contribution in [3.63, 3.8) is 0 Å². The van der Waals surface area contributed by atoms with Gasteiger partial charge in [0.2, 0.25) is 0 Å². The normalized spacial score (nSPS) is 17.8. The van der Waals surface area contributed by atoms with E-state index in [1.54, 1.807) is 31.6 Å². The first-order valence-corrected chi connectivity index (χ1v) is 10.3. The molecule has 0 aliphatic carbocycles. The van der Waals surface area contributed by atoms with Crippen LogP contribution in [0, 0.1) is 0 Å². The highest BCUT2D eigenvalue weighted by Crippen LogP contribution is 2.42. The fourth-order valence-electron chi connectivity index (χ4n) is 3.85. The Morgan fingerprint density at radius 2 is 1.84 bits per heavy atom. The van der Waals surface area contributed by atoms with Gasteiger partial charge < -0.3 is 24.6 Å². The third kappa shape index (κ3) is 5.58. The Balaban J connectivity index is 1.88. The number of carbonyl (C=O) groups is 1. The number of phenols is 1. The van der Waals surface area contributed by atoms with Crippen molar-refractivity contribution in [2.75, 3.05) is 27.3 Å². The van der Waals surface area contributed by atoms with Gasteiger partial charge >= 0.3 is 6.09 Å². The molecule has 1 amide bonds. The number of ether oxygens (including phenoxy) is 3. The minimum Gasteiger partial charge on any atom is -0.507 e. The predicted molar refractivity (Wildman–Crippen MR) is 117 cm³/mol. The largest absolute Gasteiger partial charge is 0.507 e. The highest BCUT2D eigenvalue weighted by atomic mass is 16.6. The average Bonchev–Trinajstić information content (AvgIpc) is 3.16. The lowest BCUT2D eigenvalue weighted by Crippen LogP contribution is -2.41. The number of benzene rings is 1. The first-order valence-electron chi connectivity index (χ1n) is 10.3. The molecular weight excluding hydrogens is 398 g/mol. The van der Waals surface area contributed by atoms with Crippen LogP contribution in [-0.2, 0) is 4.74 Å². The molecule has 8 nitrogen and oxygen atoms in total. The number of alkyl carbamates (subject to hydrolysis) is 1. The van der Waals surface area contributed by atoms with E-state index < -0.39 is 11.7 Å². The molecular formula is C23H31N3O5. The third-order valence-corrected chi connectivity index (χ3v) is 5.15. The molecule has 1 saturated heterocycles. The molecule has 2 aromatic rings. The van der Waals surface area contributed by atoms with Gasteiger partial charge in [-0.05, 0) is 51.0 Å². The summed E-state index contributed by atoms with van der Waals surface area (Å²) in [5.41, 5.74) is 1.13. The van der Waals surface area contributed by atoms with Crippen LogP contribution in [0.15, 0.2) is 36.7 Å². The Morgan fingerprint density at radius 1 is 1.19 bits per heavy atom. The number of hydrogen-bond acceptors (Lipinski definition) is 7. The molecule has 2 atom stereocenters. The molecule has 0 saturated carbocycles. The summed E-state index contributed by atoms with van der Waals surface area (Å²) in [6.45, 7) is 6.87. The van der Waals surface area contributed by atoms with E-state index >= 15 is 0 Å². The van der Waals surface area contributed by atoms with Gasteiger partial charge in [0.05, 0.1) is 20.3 Å². The van der Waals surface area contributed by atoms with E-state index in [0.717, 1.165) is 18.5 Å². The van der Waals surface area contributed by atoms with E-state index in [0.29, 0.717) is 23.6 Å². The number of carbonyl (C=O) groups excluding carboxylic acids is 1. The van der Waals surface area contributed by atoms with Crippen molar-refractivity contribution in [2.24, 2.45) is 0 Å². The van der Waals surface area contributed by atoms with Gasteiger partial charge in [0.1, 0.15) is 11.4 Å². The lowest BCUT2D eigenvalue weighted by molar-refractivity contribution is 0.0505. The lowest BCUT2D eigenvalue weighted by Gasteiger charge is -2.30. The van der Waals surface area contributed by atoms with Crippen LogP contribution in [0.4, 0.5) is 4.79 Å². The number of phenolic OH excluding ortho intramolecular Hbond substituents is 1. The molecule has 0 radical (unpaired) electrons. The summed E-state index contributed by atoms with van der Waals surface area (Å²) in [6, 6.07) is 6.92. The molecule has 1 unspecified atom stereocenters. The molecule has 3 rings (SSSR count). The zero-order valence-corrected chi connectivity index (χ0v) is 18.7. The molecule has 1 aliphatic rings. The Kier molecular flexibility index (Phi) is 6.90. The van der Waals surface area contributed by atoms with Crippen LogP contribution < -0.4 is 14.8 Å². The zero-order valence-electron chi connectivity index (χ0n) is 18.7. The summed E-state index contributed by atoms with van der Waals surface area (Å²) in [7, 11) is 3.10. The van der Waals surface area contributed by atoms with Crippen molar-refractivity contribution >= 4 is 6.09 Å². The molecule has 168 valence electrons. The second-order valence-electron chi connectivity index (χ2n) is 8.58. The van der Waals surface area contributed by atoms with E-state index in [4.69, 9.17) is 14.2 Å². The summed E-state index contributed by atoms with van der Waals surface area (Å²) in [4.78, 5) is 18.6. The molecule has 0 spiro atoms. The maximum Gasteiger partial charge on any atom is 0.407 e. The number of aromatic nitrogens is 1. The topological polar surface area (TPSA) is 93.2 Å². The second-order valence-corrected chi connectivity index (χ2v) is 8.58. The van der Waals surface area contributed by atoms with Crippen molar-refractivity contribution in [1.82, 2.24) is 15.2 Å². The number of amides is 1. The van der Waals surface area contributed by atoms with Gasteiger partial charge in [-0.2, -0.15) is 0 Å². The van der Waals surface area contributed by atoms with Gasteiger partial charge in [-0.3, -0.25) is 9.88 Å². The Morgan fingerprint density at radius 3 is 2.45 bits per heavy atom. The van der Waals surface area contributed by atoms with Crippen LogP contribution in [0.1, 0.15) is 44.4 Å². The quantitative estimate of drug-likeness (QED) is 0.726.